The van der Waals surface area contributed by atoms with Crippen LogP contribution in [0.15, 0.2) is 0 Å². The van der Waals surface area contributed by atoms with Gasteiger partial charge < -0.3 is 15.4 Å². The fourth-order valence-corrected chi connectivity index (χ4v) is 3.48. The molecule has 3 unspecified atom stereocenters. The number of nitrogens with two attached hydrogens (primary N) is 1. The molecule has 2 rings (SSSR count). The molecule has 2 N–H and O–H groups in total. The van der Waals surface area contributed by atoms with Crippen molar-refractivity contribution in [2.45, 2.75) is 57.1 Å². The summed E-state index contributed by atoms with van der Waals surface area (Å²) in [7, 11) is 2.27. The highest BCUT2D eigenvalue weighted by Gasteiger charge is 2.29. The third kappa shape index (κ3) is 3.67. The van der Waals surface area contributed by atoms with E-state index in [0.29, 0.717) is 6.10 Å². The highest BCUT2D eigenvalue weighted by atomic mass is 16.5. The minimum absolute atomic E-state index is 0.553. The summed E-state index contributed by atoms with van der Waals surface area (Å²) in [6, 6.07) is 0.740. The zero-order valence-corrected chi connectivity index (χ0v) is 11.2. The van der Waals surface area contributed by atoms with E-state index in [4.69, 9.17) is 10.5 Å². The first kappa shape index (κ1) is 13.3. The minimum Gasteiger partial charge on any atom is -0.378 e. The first-order valence-corrected chi connectivity index (χ1v) is 7.33. The second-order valence-electron chi connectivity index (χ2n) is 5.75. The Bertz CT molecular complexity index is 216. The van der Waals surface area contributed by atoms with Gasteiger partial charge in [-0.3, -0.25) is 0 Å². The van der Waals surface area contributed by atoms with E-state index in [9.17, 15) is 0 Å². The Morgan fingerprint density at radius 2 is 2.12 bits per heavy atom. The highest BCUT2D eigenvalue weighted by molar-refractivity contribution is 4.84. The van der Waals surface area contributed by atoms with Crippen molar-refractivity contribution in [1.29, 1.82) is 0 Å². The van der Waals surface area contributed by atoms with Crippen LogP contribution >= 0.6 is 0 Å². The maximum atomic E-state index is 5.84. The molecule has 0 aromatic heterocycles. The number of rotatable bonds is 6. The maximum absolute atomic E-state index is 5.84. The van der Waals surface area contributed by atoms with E-state index in [1.165, 1.54) is 51.5 Å². The Kier molecular flexibility index (Phi) is 5.26. The Balaban J connectivity index is 1.64. The van der Waals surface area contributed by atoms with Crippen molar-refractivity contribution >= 4 is 0 Å². The first-order valence-electron chi connectivity index (χ1n) is 7.33. The summed E-state index contributed by atoms with van der Waals surface area (Å²) in [6.45, 7) is 3.06. The van der Waals surface area contributed by atoms with Gasteiger partial charge in [0.1, 0.15) is 0 Å². The first-order chi connectivity index (χ1) is 8.31. The van der Waals surface area contributed by atoms with Gasteiger partial charge in [-0.1, -0.05) is 6.42 Å². The molecular formula is C14H28N2O. The van der Waals surface area contributed by atoms with Gasteiger partial charge in [-0.2, -0.15) is 0 Å². The lowest BCUT2D eigenvalue weighted by molar-refractivity contribution is 0.0965. The molecule has 1 heterocycles. The van der Waals surface area contributed by atoms with Gasteiger partial charge >= 0.3 is 0 Å². The standard InChI is InChI=1S/C14H28N2O/c1-16(14-8-2-5-12(14)11-15)9-3-6-13-7-4-10-17-13/h12-14H,2-11,15H2,1H3. The minimum atomic E-state index is 0.553. The van der Waals surface area contributed by atoms with Crippen LogP contribution < -0.4 is 5.73 Å². The molecule has 1 saturated heterocycles. The molecule has 0 amide bonds. The normalized spacial score (nSPS) is 33.7. The van der Waals surface area contributed by atoms with Crippen molar-refractivity contribution in [2.24, 2.45) is 11.7 Å². The molecule has 0 radical (unpaired) electrons. The Hall–Kier alpha value is -0.120. The molecule has 1 aliphatic heterocycles. The summed E-state index contributed by atoms with van der Waals surface area (Å²) in [5.41, 5.74) is 5.84. The molecule has 100 valence electrons. The Morgan fingerprint density at radius 3 is 2.82 bits per heavy atom. The fraction of sp³-hybridized carbons (Fsp3) is 1.00. The Morgan fingerprint density at radius 1 is 1.24 bits per heavy atom. The van der Waals surface area contributed by atoms with Crippen LogP contribution in [0.4, 0.5) is 0 Å². The summed E-state index contributed by atoms with van der Waals surface area (Å²) in [4.78, 5) is 2.54. The van der Waals surface area contributed by atoms with Crippen LogP contribution in [0.2, 0.25) is 0 Å². The predicted octanol–water partition coefficient (Wildman–Crippen LogP) is 2.00. The lowest BCUT2D eigenvalue weighted by atomic mass is 10.0. The van der Waals surface area contributed by atoms with Crippen LogP contribution in [-0.4, -0.2) is 43.8 Å². The summed E-state index contributed by atoms with van der Waals surface area (Å²) in [5, 5.41) is 0. The van der Waals surface area contributed by atoms with Crippen LogP contribution in [0.25, 0.3) is 0 Å². The molecule has 0 aromatic carbocycles. The molecule has 0 spiro atoms. The van der Waals surface area contributed by atoms with Gasteiger partial charge in [0.05, 0.1) is 6.10 Å². The second kappa shape index (κ2) is 6.72. The van der Waals surface area contributed by atoms with Gasteiger partial charge in [0.25, 0.3) is 0 Å². The predicted molar refractivity (Wildman–Crippen MR) is 71.0 cm³/mol. The van der Waals surface area contributed by atoms with Gasteiger partial charge in [0, 0.05) is 12.6 Å². The van der Waals surface area contributed by atoms with Gasteiger partial charge in [0.2, 0.25) is 0 Å². The number of ether oxygens (including phenoxy) is 1. The van der Waals surface area contributed by atoms with Crippen molar-refractivity contribution in [3.8, 4) is 0 Å². The number of hydrogen-bond acceptors (Lipinski definition) is 3. The lowest BCUT2D eigenvalue weighted by Gasteiger charge is -2.29. The largest absolute Gasteiger partial charge is 0.378 e. The van der Waals surface area contributed by atoms with Crippen LogP contribution in [0.1, 0.15) is 44.9 Å². The molecule has 3 heteroatoms. The monoisotopic (exact) mass is 240 g/mol. The van der Waals surface area contributed by atoms with Gasteiger partial charge in [-0.25, -0.2) is 0 Å². The zero-order valence-electron chi connectivity index (χ0n) is 11.2. The van der Waals surface area contributed by atoms with Gasteiger partial charge in [-0.15, -0.1) is 0 Å². The van der Waals surface area contributed by atoms with Crippen molar-refractivity contribution in [2.75, 3.05) is 26.7 Å². The van der Waals surface area contributed by atoms with E-state index in [1.807, 2.05) is 0 Å². The molecule has 3 atom stereocenters. The Labute approximate surface area is 106 Å². The van der Waals surface area contributed by atoms with Crippen molar-refractivity contribution in [3.63, 3.8) is 0 Å². The molecule has 3 nitrogen and oxygen atoms in total. The SMILES string of the molecule is CN(CCCC1CCCO1)C1CCCC1CN. The average Bonchev–Trinajstić information content (AvgIpc) is 2.99. The lowest BCUT2D eigenvalue weighted by Crippen LogP contribution is -2.38. The molecule has 2 aliphatic rings. The summed E-state index contributed by atoms with van der Waals surface area (Å²) in [5.74, 6) is 0.739. The third-order valence-electron chi connectivity index (χ3n) is 4.55. The van der Waals surface area contributed by atoms with Crippen molar-refractivity contribution in [1.82, 2.24) is 4.90 Å². The molecule has 0 aromatic rings. The fourth-order valence-electron chi connectivity index (χ4n) is 3.48. The van der Waals surface area contributed by atoms with Crippen LogP contribution in [-0.2, 0) is 4.74 Å². The van der Waals surface area contributed by atoms with Crippen molar-refractivity contribution < 1.29 is 4.74 Å². The van der Waals surface area contributed by atoms with Gasteiger partial charge in [-0.05, 0) is 64.6 Å². The van der Waals surface area contributed by atoms with Crippen LogP contribution in [0.3, 0.4) is 0 Å². The molecular weight excluding hydrogens is 212 g/mol. The maximum Gasteiger partial charge on any atom is 0.0576 e. The van der Waals surface area contributed by atoms with Crippen LogP contribution in [0.5, 0.6) is 0 Å². The quantitative estimate of drug-likeness (QED) is 0.772. The van der Waals surface area contributed by atoms with E-state index in [2.05, 4.69) is 11.9 Å². The zero-order chi connectivity index (χ0) is 12.1. The molecule has 17 heavy (non-hydrogen) atoms. The van der Waals surface area contributed by atoms with E-state index in [-0.39, 0.29) is 0 Å². The average molecular weight is 240 g/mol. The van der Waals surface area contributed by atoms with E-state index in [1.54, 1.807) is 0 Å². The molecule has 1 saturated carbocycles. The molecule has 1 aliphatic carbocycles. The number of nitrogens with zero attached hydrogens (tertiary/aromatic N) is 1. The number of hydrogen-bond donors (Lipinski definition) is 1. The summed E-state index contributed by atoms with van der Waals surface area (Å²) >= 11 is 0. The topological polar surface area (TPSA) is 38.5 Å². The van der Waals surface area contributed by atoms with Crippen LogP contribution in [0, 0.1) is 5.92 Å². The smallest absolute Gasteiger partial charge is 0.0576 e. The van der Waals surface area contributed by atoms with E-state index in [0.717, 1.165) is 25.1 Å². The van der Waals surface area contributed by atoms with Gasteiger partial charge in [0.15, 0.2) is 0 Å². The third-order valence-corrected chi connectivity index (χ3v) is 4.55. The highest BCUT2D eigenvalue weighted by Crippen LogP contribution is 2.28. The van der Waals surface area contributed by atoms with E-state index >= 15 is 0 Å². The van der Waals surface area contributed by atoms with Crippen molar-refractivity contribution in [3.05, 3.63) is 0 Å². The molecule has 2 fully saturated rings. The summed E-state index contributed by atoms with van der Waals surface area (Å²) in [6.07, 6.45) is 9.64. The molecule has 0 bridgehead atoms. The second-order valence-corrected chi connectivity index (χ2v) is 5.75. The van der Waals surface area contributed by atoms with E-state index < -0.39 is 0 Å². The summed E-state index contributed by atoms with van der Waals surface area (Å²) < 4.78 is 5.66.